The van der Waals surface area contributed by atoms with Gasteiger partial charge in [0.2, 0.25) is 0 Å². The van der Waals surface area contributed by atoms with E-state index in [9.17, 15) is 4.79 Å². The number of nitrogens with zero attached hydrogens (tertiary/aromatic N) is 4. The molecule has 3 aromatic heterocycles. The highest BCUT2D eigenvalue weighted by molar-refractivity contribution is 7.98. The van der Waals surface area contributed by atoms with Crippen molar-refractivity contribution in [3.63, 3.8) is 0 Å². The van der Waals surface area contributed by atoms with Crippen LogP contribution in [0.25, 0.3) is 11.5 Å². The molecule has 0 spiro atoms. The van der Waals surface area contributed by atoms with Gasteiger partial charge in [-0.15, -0.1) is 11.8 Å². The Morgan fingerprint density at radius 3 is 2.78 bits per heavy atom. The molecule has 0 saturated carbocycles. The van der Waals surface area contributed by atoms with Gasteiger partial charge in [-0.05, 0) is 36.8 Å². The van der Waals surface area contributed by atoms with Crippen LogP contribution in [0.15, 0.2) is 58.6 Å². The van der Waals surface area contributed by atoms with E-state index in [4.69, 9.17) is 0 Å². The smallest absolute Gasteiger partial charge is 0.250 e. The molecule has 116 valence electrons. The molecule has 0 unspecified atom stereocenters. The molecule has 5 nitrogen and oxygen atoms in total. The van der Waals surface area contributed by atoms with Crippen molar-refractivity contribution in [2.75, 3.05) is 0 Å². The number of thioether (sulfide) groups is 1. The summed E-state index contributed by atoms with van der Waals surface area (Å²) in [5.41, 5.74) is 2.63. The van der Waals surface area contributed by atoms with E-state index in [1.54, 1.807) is 41.8 Å². The molecule has 3 heterocycles. The first kappa shape index (κ1) is 15.4. The zero-order chi connectivity index (χ0) is 16.2. The Labute approximate surface area is 138 Å². The van der Waals surface area contributed by atoms with Crippen molar-refractivity contribution < 1.29 is 0 Å². The second-order valence-corrected chi connectivity index (χ2v) is 6.15. The zero-order valence-electron chi connectivity index (χ0n) is 12.9. The number of aryl methyl sites for hydroxylation is 2. The van der Waals surface area contributed by atoms with Gasteiger partial charge in [-0.25, -0.2) is 9.97 Å². The van der Waals surface area contributed by atoms with Gasteiger partial charge >= 0.3 is 0 Å². The minimum atomic E-state index is -0.00357. The Kier molecular flexibility index (Phi) is 4.52. The predicted octanol–water partition coefficient (Wildman–Crippen LogP) is 2.84. The normalized spacial score (nSPS) is 10.7. The second-order valence-electron chi connectivity index (χ2n) is 5.16. The minimum absolute atomic E-state index is 0.00357. The first-order chi connectivity index (χ1) is 11.1. The van der Waals surface area contributed by atoms with Crippen LogP contribution in [-0.4, -0.2) is 19.5 Å². The van der Waals surface area contributed by atoms with Crippen molar-refractivity contribution in [2.45, 2.75) is 17.7 Å². The lowest BCUT2D eigenvalue weighted by Crippen LogP contribution is -2.14. The summed E-state index contributed by atoms with van der Waals surface area (Å²) in [6.45, 7) is 1.94. The van der Waals surface area contributed by atoms with Crippen LogP contribution in [0.2, 0.25) is 0 Å². The highest BCUT2D eigenvalue weighted by Gasteiger charge is 2.07. The monoisotopic (exact) mass is 324 g/mol. The van der Waals surface area contributed by atoms with Crippen molar-refractivity contribution in [1.82, 2.24) is 19.5 Å². The van der Waals surface area contributed by atoms with E-state index in [0.717, 1.165) is 22.0 Å². The Hall–Kier alpha value is -2.47. The first-order valence-electron chi connectivity index (χ1n) is 7.17. The van der Waals surface area contributed by atoms with Gasteiger partial charge in [0.05, 0.1) is 0 Å². The number of pyridine rings is 2. The number of hydrogen-bond acceptors (Lipinski definition) is 5. The number of aromatic nitrogens is 4. The third-order valence-corrected chi connectivity index (χ3v) is 4.26. The van der Waals surface area contributed by atoms with Gasteiger partial charge in [-0.3, -0.25) is 9.78 Å². The second kappa shape index (κ2) is 6.75. The SMILES string of the molecule is Cc1cc(SCc2ccn(C)c(=O)c2)nc(-c2ccccn2)n1. The highest BCUT2D eigenvalue weighted by Crippen LogP contribution is 2.23. The molecule has 0 aliphatic carbocycles. The predicted molar refractivity (Wildman–Crippen MR) is 91.2 cm³/mol. The quantitative estimate of drug-likeness (QED) is 0.545. The summed E-state index contributed by atoms with van der Waals surface area (Å²) in [7, 11) is 1.74. The van der Waals surface area contributed by atoms with Crippen molar-refractivity contribution in [2.24, 2.45) is 7.05 Å². The Bertz CT molecular complexity index is 877. The fourth-order valence-electron chi connectivity index (χ4n) is 2.06. The van der Waals surface area contributed by atoms with Crippen LogP contribution in [0, 0.1) is 6.92 Å². The Balaban J connectivity index is 1.81. The molecule has 0 N–H and O–H groups in total. The third kappa shape index (κ3) is 3.84. The van der Waals surface area contributed by atoms with Crippen LogP contribution in [0.1, 0.15) is 11.3 Å². The minimum Gasteiger partial charge on any atom is -0.319 e. The molecule has 0 bridgehead atoms. The van der Waals surface area contributed by atoms with Crippen LogP contribution < -0.4 is 5.56 Å². The summed E-state index contributed by atoms with van der Waals surface area (Å²) in [6.07, 6.45) is 3.51. The van der Waals surface area contributed by atoms with E-state index in [2.05, 4.69) is 15.0 Å². The van der Waals surface area contributed by atoms with Crippen molar-refractivity contribution in [1.29, 1.82) is 0 Å². The molecule has 0 saturated heterocycles. The standard InChI is InChI=1S/C17H16N4OS/c1-12-9-15(20-17(19-12)14-5-3-4-7-18-14)23-11-13-6-8-21(2)16(22)10-13/h3-10H,11H2,1-2H3. The molecule has 0 aromatic carbocycles. The molecule has 0 aliphatic heterocycles. The molecule has 0 radical (unpaired) electrons. The summed E-state index contributed by atoms with van der Waals surface area (Å²) >= 11 is 1.58. The zero-order valence-corrected chi connectivity index (χ0v) is 13.7. The lowest BCUT2D eigenvalue weighted by molar-refractivity contribution is 0.855. The fourth-order valence-corrected chi connectivity index (χ4v) is 2.96. The van der Waals surface area contributed by atoms with Crippen LogP contribution in [-0.2, 0) is 12.8 Å². The molecule has 23 heavy (non-hydrogen) atoms. The number of hydrogen-bond donors (Lipinski definition) is 0. The lowest BCUT2D eigenvalue weighted by atomic mass is 10.3. The van der Waals surface area contributed by atoms with Gasteiger partial charge in [0.15, 0.2) is 5.82 Å². The molecule has 0 atom stereocenters. The lowest BCUT2D eigenvalue weighted by Gasteiger charge is -2.06. The van der Waals surface area contributed by atoms with E-state index in [-0.39, 0.29) is 5.56 Å². The van der Waals surface area contributed by atoms with Gasteiger partial charge in [0.25, 0.3) is 5.56 Å². The van der Waals surface area contributed by atoms with Gasteiger partial charge in [0, 0.05) is 37.0 Å². The summed E-state index contributed by atoms with van der Waals surface area (Å²) in [5, 5.41) is 0.874. The summed E-state index contributed by atoms with van der Waals surface area (Å²) in [4.78, 5) is 25.0. The van der Waals surface area contributed by atoms with Gasteiger partial charge in [-0.1, -0.05) is 6.07 Å². The van der Waals surface area contributed by atoms with E-state index >= 15 is 0 Å². The van der Waals surface area contributed by atoms with Gasteiger partial charge < -0.3 is 4.57 Å². The Morgan fingerprint density at radius 2 is 2.04 bits per heavy atom. The van der Waals surface area contributed by atoms with Crippen LogP contribution in [0.4, 0.5) is 0 Å². The molecule has 0 aliphatic rings. The maximum Gasteiger partial charge on any atom is 0.250 e. The van der Waals surface area contributed by atoms with E-state index < -0.39 is 0 Å². The van der Waals surface area contributed by atoms with Gasteiger partial charge in [0.1, 0.15) is 10.7 Å². The van der Waals surface area contributed by atoms with Crippen molar-refractivity contribution in [3.05, 3.63) is 70.4 Å². The summed E-state index contributed by atoms with van der Waals surface area (Å²) in [5.74, 6) is 1.31. The molecular formula is C17H16N4OS. The van der Waals surface area contributed by atoms with Crippen LogP contribution in [0.3, 0.4) is 0 Å². The highest BCUT2D eigenvalue weighted by atomic mass is 32.2. The molecular weight excluding hydrogens is 308 g/mol. The largest absolute Gasteiger partial charge is 0.319 e. The van der Waals surface area contributed by atoms with E-state index in [1.165, 1.54) is 0 Å². The van der Waals surface area contributed by atoms with Crippen molar-refractivity contribution >= 4 is 11.8 Å². The molecule has 3 aromatic rings. The average Bonchev–Trinajstić information content (AvgIpc) is 2.56. The number of rotatable bonds is 4. The average molecular weight is 324 g/mol. The van der Waals surface area contributed by atoms with E-state index in [1.807, 2.05) is 37.3 Å². The maximum atomic E-state index is 11.7. The van der Waals surface area contributed by atoms with Gasteiger partial charge in [-0.2, -0.15) is 0 Å². The fraction of sp³-hybridized carbons (Fsp3) is 0.176. The maximum absolute atomic E-state index is 11.7. The van der Waals surface area contributed by atoms with E-state index in [0.29, 0.717) is 11.6 Å². The molecule has 6 heteroatoms. The van der Waals surface area contributed by atoms with Crippen LogP contribution >= 0.6 is 11.8 Å². The topological polar surface area (TPSA) is 60.7 Å². The third-order valence-electron chi connectivity index (χ3n) is 3.28. The van der Waals surface area contributed by atoms with Crippen LogP contribution in [0.5, 0.6) is 0 Å². The summed E-state index contributed by atoms with van der Waals surface area (Å²) < 4.78 is 1.56. The van der Waals surface area contributed by atoms with Crippen molar-refractivity contribution in [3.8, 4) is 11.5 Å². The first-order valence-corrected chi connectivity index (χ1v) is 8.16. The summed E-state index contributed by atoms with van der Waals surface area (Å²) in [6, 6.07) is 11.2. The Morgan fingerprint density at radius 1 is 1.17 bits per heavy atom. The molecule has 3 rings (SSSR count). The molecule has 0 amide bonds. The molecule has 0 fully saturated rings.